The van der Waals surface area contributed by atoms with Crippen molar-refractivity contribution in [1.82, 2.24) is 0 Å². The number of aryl methyl sites for hydroxylation is 2. The lowest BCUT2D eigenvalue weighted by molar-refractivity contribution is 0.0929. The third kappa shape index (κ3) is 1.28. The van der Waals surface area contributed by atoms with Crippen LogP contribution in [0.3, 0.4) is 0 Å². The van der Waals surface area contributed by atoms with Gasteiger partial charge < -0.3 is 5.11 Å². The molecule has 1 aliphatic carbocycles. The summed E-state index contributed by atoms with van der Waals surface area (Å²) >= 11 is 0. The van der Waals surface area contributed by atoms with E-state index in [1.807, 2.05) is 13.8 Å². The van der Waals surface area contributed by atoms with Crippen molar-refractivity contribution in [1.29, 1.82) is 0 Å². The molecule has 0 radical (unpaired) electrons. The molecule has 1 aliphatic rings. The van der Waals surface area contributed by atoms with Crippen LogP contribution in [0.2, 0.25) is 0 Å². The van der Waals surface area contributed by atoms with Crippen LogP contribution in [-0.4, -0.2) is 16.7 Å². The zero-order chi connectivity index (χ0) is 12.0. The van der Waals surface area contributed by atoms with E-state index in [1.54, 1.807) is 12.1 Å². The van der Waals surface area contributed by atoms with Crippen LogP contribution in [-0.2, 0) is 0 Å². The molecular formula is C13H12O3. The van der Waals surface area contributed by atoms with Crippen LogP contribution in [0.15, 0.2) is 23.5 Å². The lowest BCUT2D eigenvalue weighted by Gasteiger charge is -2.16. The number of ketones is 2. The van der Waals surface area contributed by atoms with Gasteiger partial charge in [-0.3, -0.25) is 9.59 Å². The minimum absolute atomic E-state index is 0.126. The van der Waals surface area contributed by atoms with Gasteiger partial charge in [0.2, 0.25) is 5.78 Å². The van der Waals surface area contributed by atoms with Gasteiger partial charge >= 0.3 is 0 Å². The number of carbonyl (C=O) groups is 2. The Hall–Kier alpha value is -1.90. The first-order valence-corrected chi connectivity index (χ1v) is 5.04. The standard InChI is InChI=1S/C13H12O3/c1-6-4-9-10(5-7(6)2)13(16)12(15)8(3)11(9)14/h4-5,15H,1-3H3. The molecule has 82 valence electrons. The van der Waals surface area contributed by atoms with Crippen LogP contribution in [0.5, 0.6) is 0 Å². The molecule has 1 aromatic carbocycles. The average molecular weight is 216 g/mol. The summed E-state index contributed by atoms with van der Waals surface area (Å²) in [6, 6.07) is 3.37. The lowest BCUT2D eigenvalue weighted by atomic mass is 9.86. The molecule has 0 spiro atoms. The highest BCUT2D eigenvalue weighted by molar-refractivity contribution is 6.25. The van der Waals surface area contributed by atoms with Crippen molar-refractivity contribution in [3.63, 3.8) is 0 Å². The number of Topliss-reactive ketones (excluding diaryl/α,β-unsaturated/α-hetero) is 2. The second-order valence-corrected chi connectivity index (χ2v) is 4.11. The molecule has 2 rings (SSSR count). The molecule has 0 aromatic heterocycles. The Morgan fingerprint density at radius 1 is 0.875 bits per heavy atom. The Bertz CT molecular complexity index is 502. The molecule has 0 saturated heterocycles. The molecule has 0 amide bonds. The van der Waals surface area contributed by atoms with E-state index in [0.717, 1.165) is 11.1 Å². The summed E-state index contributed by atoms with van der Waals surface area (Å²) in [5.74, 6) is -1.16. The molecule has 0 atom stereocenters. The summed E-state index contributed by atoms with van der Waals surface area (Å²) in [7, 11) is 0. The Morgan fingerprint density at radius 3 is 1.81 bits per heavy atom. The lowest BCUT2D eigenvalue weighted by Crippen LogP contribution is -2.21. The number of carbonyl (C=O) groups excluding carboxylic acids is 2. The molecule has 0 bridgehead atoms. The molecule has 16 heavy (non-hydrogen) atoms. The van der Waals surface area contributed by atoms with E-state index >= 15 is 0 Å². The Kier molecular flexibility index (Phi) is 2.19. The predicted octanol–water partition coefficient (Wildman–Crippen LogP) is 2.51. The number of hydrogen-bond acceptors (Lipinski definition) is 3. The smallest absolute Gasteiger partial charge is 0.228 e. The second kappa shape index (κ2) is 3.30. The summed E-state index contributed by atoms with van der Waals surface area (Å²) < 4.78 is 0. The van der Waals surface area contributed by atoms with Gasteiger partial charge in [-0.1, -0.05) is 0 Å². The number of hydrogen-bond donors (Lipinski definition) is 1. The van der Waals surface area contributed by atoms with Crippen molar-refractivity contribution in [2.24, 2.45) is 0 Å². The first-order valence-electron chi connectivity index (χ1n) is 5.04. The number of benzene rings is 1. The maximum absolute atomic E-state index is 11.9. The molecule has 1 N–H and O–H groups in total. The van der Waals surface area contributed by atoms with E-state index < -0.39 is 11.5 Å². The first kappa shape index (κ1) is 10.6. The summed E-state index contributed by atoms with van der Waals surface area (Å²) in [6.45, 7) is 5.23. The molecular weight excluding hydrogens is 204 g/mol. The molecule has 1 aromatic rings. The van der Waals surface area contributed by atoms with Crippen molar-refractivity contribution in [2.45, 2.75) is 20.8 Å². The van der Waals surface area contributed by atoms with Crippen LogP contribution < -0.4 is 0 Å². The molecule has 0 fully saturated rings. The van der Waals surface area contributed by atoms with Crippen molar-refractivity contribution in [2.75, 3.05) is 0 Å². The number of aliphatic hydroxyl groups is 1. The van der Waals surface area contributed by atoms with Crippen LogP contribution in [0.25, 0.3) is 0 Å². The fourth-order valence-corrected chi connectivity index (χ4v) is 1.80. The summed E-state index contributed by atoms with van der Waals surface area (Å²) in [6.07, 6.45) is 0. The maximum Gasteiger partial charge on any atom is 0.228 e. The van der Waals surface area contributed by atoms with E-state index in [4.69, 9.17) is 0 Å². The molecule has 3 heteroatoms. The predicted molar refractivity (Wildman–Crippen MR) is 59.9 cm³/mol. The average Bonchev–Trinajstić information content (AvgIpc) is 2.26. The van der Waals surface area contributed by atoms with Gasteiger partial charge in [0.05, 0.1) is 0 Å². The zero-order valence-electron chi connectivity index (χ0n) is 9.42. The highest BCUT2D eigenvalue weighted by Crippen LogP contribution is 2.27. The van der Waals surface area contributed by atoms with Gasteiger partial charge in [0.25, 0.3) is 0 Å². The summed E-state index contributed by atoms with van der Waals surface area (Å²) in [5.41, 5.74) is 2.72. The van der Waals surface area contributed by atoms with Gasteiger partial charge in [-0.2, -0.15) is 0 Å². The number of aliphatic hydroxyl groups excluding tert-OH is 1. The quantitative estimate of drug-likeness (QED) is 0.725. The van der Waals surface area contributed by atoms with Gasteiger partial charge in [-0.25, -0.2) is 0 Å². The Labute approximate surface area is 93.4 Å². The minimum atomic E-state index is -0.463. The third-order valence-corrected chi connectivity index (χ3v) is 3.03. The fraction of sp³-hybridized carbons (Fsp3) is 0.231. The number of fused-ring (bicyclic) bond motifs is 1. The van der Waals surface area contributed by atoms with E-state index in [9.17, 15) is 14.7 Å². The Morgan fingerprint density at radius 2 is 1.31 bits per heavy atom. The van der Waals surface area contributed by atoms with Crippen molar-refractivity contribution >= 4 is 11.6 Å². The van der Waals surface area contributed by atoms with E-state index in [-0.39, 0.29) is 11.4 Å². The highest BCUT2D eigenvalue weighted by Gasteiger charge is 2.30. The molecule has 0 saturated carbocycles. The maximum atomic E-state index is 11.9. The molecule has 0 heterocycles. The molecule has 0 aliphatic heterocycles. The van der Waals surface area contributed by atoms with Crippen LogP contribution >= 0.6 is 0 Å². The van der Waals surface area contributed by atoms with E-state index in [0.29, 0.717) is 11.1 Å². The monoisotopic (exact) mass is 216 g/mol. The van der Waals surface area contributed by atoms with Gasteiger partial charge in [0.15, 0.2) is 11.5 Å². The summed E-state index contributed by atoms with van der Waals surface area (Å²) in [5, 5.41) is 9.53. The van der Waals surface area contributed by atoms with Gasteiger partial charge in [0, 0.05) is 16.7 Å². The van der Waals surface area contributed by atoms with Gasteiger partial charge in [-0.05, 0) is 44.0 Å². The van der Waals surface area contributed by atoms with E-state index in [1.165, 1.54) is 6.92 Å². The molecule has 3 nitrogen and oxygen atoms in total. The SMILES string of the molecule is CC1=C(O)C(=O)c2cc(C)c(C)cc2C1=O. The second-order valence-electron chi connectivity index (χ2n) is 4.11. The molecule has 0 unspecified atom stereocenters. The van der Waals surface area contributed by atoms with Gasteiger partial charge in [-0.15, -0.1) is 0 Å². The summed E-state index contributed by atoms with van der Waals surface area (Å²) in [4.78, 5) is 23.6. The first-order chi connectivity index (χ1) is 7.43. The fourth-order valence-electron chi connectivity index (χ4n) is 1.80. The zero-order valence-corrected chi connectivity index (χ0v) is 9.42. The topological polar surface area (TPSA) is 54.4 Å². The Balaban J connectivity index is 2.76. The van der Waals surface area contributed by atoms with Crippen LogP contribution in [0.4, 0.5) is 0 Å². The van der Waals surface area contributed by atoms with Crippen molar-refractivity contribution < 1.29 is 14.7 Å². The number of rotatable bonds is 0. The highest BCUT2D eigenvalue weighted by atomic mass is 16.3. The van der Waals surface area contributed by atoms with Gasteiger partial charge in [0.1, 0.15) is 0 Å². The van der Waals surface area contributed by atoms with E-state index in [2.05, 4.69) is 0 Å². The third-order valence-electron chi connectivity index (χ3n) is 3.03. The largest absolute Gasteiger partial charge is 0.504 e. The van der Waals surface area contributed by atoms with Crippen molar-refractivity contribution in [3.8, 4) is 0 Å². The van der Waals surface area contributed by atoms with Crippen LogP contribution in [0.1, 0.15) is 38.8 Å². The van der Waals surface area contributed by atoms with Crippen LogP contribution in [0, 0.1) is 13.8 Å². The number of allylic oxidation sites excluding steroid dienone is 2. The normalized spacial score (nSPS) is 15.4. The minimum Gasteiger partial charge on any atom is -0.504 e. The van der Waals surface area contributed by atoms with Crippen molar-refractivity contribution in [3.05, 3.63) is 45.7 Å².